The maximum Gasteiger partial charge on any atom is 0.357 e. The molecule has 92 valence electrons. The molecule has 0 atom stereocenters. The predicted molar refractivity (Wildman–Crippen MR) is 66.0 cm³/mol. The van der Waals surface area contributed by atoms with Gasteiger partial charge in [-0.25, -0.2) is 10.6 Å². The van der Waals surface area contributed by atoms with Gasteiger partial charge in [-0.05, 0) is 28.1 Å². The second-order valence-electron chi connectivity index (χ2n) is 2.87. The molecule has 17 heavy (non-hydrogen) atoms. The van der Waals surface area contributed by atoms with Crippen molar-refractivity contribution in [2.24, 2.45) is 11.6 Å². The highest BCUT2D eigenvalue weighted by Crippen LogP contribution is 2.27. The van der Waals surface area contributed by atoms with Crippen molar-refractivity contribution in [1.29, 1.82) is 0 Å². The van der Waals surface area contributed by atoms with Crippen molar-refractivity contribution in [3.05, 3.63) is 39.3 Å². The van der Waals surface area contributed by atoms with Crippen LogP contribution in [0.1, 0.15) is 0 Å². The van der Waals surface area contributed by atoms with Gasteiger partial charge in [0.2, 0.25) is 5.88 Å². The molecule has 0 spiro atoms. The lowest BCUT2D eigenvalue weighted by atomic mass is 10.3. The molecule has 0 aliphatic rings. The van der Waals surface area contributed by atoms with E-state index in [4.69, 9.17) is 33.0 Å². The van der Waals surface area contributed by atoms with Gasteiger partial charge >= 0.3 is 5.97 Å². The molecule has 0 radical (unpaired) electrons. The Hall–Kier alpha value is -1.44. The van der Waals surface area contributed by atoms with Crippen LogP contribution in [0.2, 0.25) is 5.02 Å². The Morgan fingerprint density at radius 3 is 2.65 bits per heavy atom. The molecular weight excluding hydrogens is 313 g/mol. The molecule has 8 heteroatoms. The highest BCUT2D eigenvalue weighted by atomic mass is 79.9. The van der Waals surface area contributed by atoms with Gasteiger partial charge in [0.25, 0.3) is 0 Å². The minimum Gasteiger partial charge on any atom is -0.476 e. The van der Waals surface area contributed by atoms with Gasteiger partial charge in [-0.1, -0.05) is 11.6 Å². The molecule has 0 bridgehead atoms. The second-order valence-corrected chi connectivity index (χ2v) is 4.13. The number of rotatable bonds is 4. The zero-order chi connectivity index (χ0) is 13.0. The second kappa shape index (κ2) is 5.76. The number of nitrogens with one attached hydrogen (secondary N) is 1. The van der Waals surface area contributed by atoms with E-state index in [1.807, 2.05) is 0 Å². The smallest absolute Gasteiger partial charge is 0.357 e. The van der Waals surface area contributed by atoms with Crippen LogP contribution in [0.15, 0.2) is 34.3 Å². The molecule has 6 nitrogen and oxygen atoms in total. The minimum absolute atomic E-state index is 0.268. The number of halogens is 2. The fourth-order valence-corrected chi connectivity index (χ4v) is 1.33. The first-order valence-electron chi connectivity index (χ1n) is 4.28. The topological polar surface area (TPSA) is 111 Å². The number of ether oxygens (including phenoxy) is 1. The van der Waals surface area contributed by atoms with E-state index < -0.39 is 11.7 Å². The molecule has 0 saturated carbocycles. The fourth-order valence-electron chi connectivity index (χ4n) is 0.918. The molecule has 0 aliphatic carbocycles. The van der Waals surface area contributed by atoms with Crippen LogP contribution in [0.5, 0.6) is 5.75 Å². The highest BCUT2D eigenvalue weighted by Gasteiger charge is 2.12. The zero-order valence-corrected chi connectivity index (χ0v) is 10.7. The Bertz CT molecular complexity index is 479. The summed E-state index contributed by atoms with van der Waals surface area (Å²) >= 11 is 9.05. The molecular formula is C9H9BrClN3O3. The average molecular weight is 323 g/mol. The van der Waals surface area contributed by atoms with Gasteiger partial charge in [0, 0.05) is 10.5 Å². The maximum atomic E-state index is 10.6. The van der Waals surface area contributed by atoms with Crippen LogP contribution >= 0.6 is 27.5 Å². The van der Waals surface area contributed by atoms with E-state index in [1.54, 1.807) is 12.1 Å². The molecule has 0 unspecified atom stereocenters. The Morgan fingerprint density at radius 2 is 2.18 bits per heavy atom. The van der Waals surface area contributed by atoms with E-state index in [-0.39, 0.29) is 5.88 Å². The molecule has 1 aromatic carbocycles. The van der Waals surface area contributed by atoms with E-state index >= 15 is 0 Å². The zero-order valence-electron chi connectivity index (χ0n) is 8.41. The summed E-state index contributed by atoms with van der Waals surface area (Å²) in [6.07, 6.45) is 0. The number of hydrogen-bond acceptors (Lipinski definition) is 5. The molecule has 0 saturated heterocycles. The van der Waals surface area contributed by atoms with Crippen LogP contribution in [0.3, 0.4) is 0 Å². The molecule has 0 aliphatic heterocycles. The summed E-state index contributed by atoms with van der Waals surface area (Å²) in [6, 6.07) is 4.70. The van der Waals surface area contributed by atoms with Crippen LogP contribution in [0, 0.1) is 0 Å². The van der Waals surface area contributed by atoms with Crippen LogP contribution in [0.4, 0.5) is 0 Å². The summed E-state index contributed by atoms with van der Waals surface area (Å²) in [5.41, 5.74) is 6.78. The number of carboxylic acids is 1. The summed E-state index contributed by atoms with van der Waals surface area (Å²) in [4.78, 5) is 10.6. The first kappa shape index (κ1) is 13.6. The summed E-state index contributed by atoms with van der Waals surface area (Å²) in [7, 11) is 0. The Morgan fingerprint density at radius 1 is 1.53 bits per heavy atom. The van der Waals surface area contributed by atoms with E-state index in [0.717, 1.165) is 0 Å². The Balaban J connectivity index is 3.00. The van der Waals surface area contributed by atoms with E-state index in [0.29, 0.717) is 15.2 Å². The van der Waals surface area contributed by atoms with Gasteiger partial charge in [-0.2, -0.15) is 0 Å². The van der Waals surface area contributed by atoms with Gasteiger partial charge in [0.1, 0.15) is 5.75 Å². The maximum absolute atomic E-state index is 10.6. The monoisotopic (exact) mass is 321 g/mol. The predicted octanol–water partition coefficient (Wildman–Crippen LogP) is 1.16. The molecule has 1 aromatic rings. The summed E-state index contributed by atoms with van der Waals surface area (Å²) < 4.78 is 5.84. The molecule has 0 aromatic heterocycles. The van der Waals surface area contributed by atoms with Crippen molar-refractivity contribution in [3.8, 4) is 5.75 Å². The molecule has 0 amide bonds. The van der Waals surface area contributed by atoms with Gasteiger partial charge in [-0.15, -0.1) is 0 Å². The van der Waals surface area contributed by atoms with Crippen molar-refractivity contribution in [2.75, 3.05) is 0 Å². The van der Waals surface area contributed by atoms with E-state index in [1.165, 1.54) is 6.07 Å². The number of carboxylic acid groups (broad SMARTS) is 1. The van der Waals surface area contributed by atoms with Gasteiger partial charge in [0.15, 0.2) is 5.70 Å². The third kappa shape index (κ3) is 3.52. The van der Waals surface area contributed by atoms with Crippen molar-refractivity contribution < 1.29 is 14.6 Å². The molecule has 1 rings (SSSR count). The summed E-state index contributed by atoms with van der Waals surface area (Å²) in [5, 5.41) is 9.08. The van der Waals surface area contributed by atoms with Gasteiger partial charge < -0.3 is 15.6 Å². The normalized spacial score (nSPS) is 11.7. The number of nitrogens with two attached hydrogens (primary N) is 2. The van der Waals surface area contributed by atoms with Crippen LogP contribution in [0.25, 0.3) is 0 Å². The standard InChI is InChI=1S/C9H9BrClN3O3/c10-5-2-1-4(3-6(5)11)17-8(14-13)7(12)9(15)16/h1-3,14H,12-13H2,(H,15,16)/b8-7+. The molecule has 0 heterocycles. The quantitative estimate of drug-likeness (QED) is 0.286. The summed E-state index contributed by atoms with van der Waals surface area (Å²) in [6.45, 7) is 0. The lowest BCUT2D eigenvalue weighted by Gasteiger charge is -2.11. The third-order valence-corrected chi connectivity index (χ3v) is 2.95. The average Bonchev–Trinajstić information content (AvgIpc) is 2.29. The van der Waals surface area contributed by atoms with Crippen molar-refractivity contribution in [2.45, 2.75) is 0 Å². The number of benzene rings is 1. The van der Waals surface area contributed by atoms with E-state index in [2.05, 4.69) is 21.4 Å². The van der Waals surface area contributed by atoms with Crippen LogP contribution < -0.4 is 21.7 Å². The lowest BCUT2D eigenvalue weighted by Crippen LogP contribution is -2.31. The van der Waals surface area contributed by atoms with Crippen molar-refractivity contribution in [1.82, 2.24) is 5.43 Å². The van der Waals surface area contributed by atoms with Crippen LogP contribution in [-0.2, 0) is 4.79 Å². The largest absolute Gasteiger partial charge is 0.476 e. The summed E-state index contributed by atoms with van der Waals surface area (Å²) in [5.74, 6) is 3.80. The molecule has 6 N–H and O–H groups in total. The SMILES string of the molecule is NN/C(Oc1ccc(Br)c(Cl)c1)=C(\N)C(=O)O. The van der Waals surface area contributed by atoms with E-state index in [9.17, 15) is 4.79 Å². The third-order valence-electron chi connectivity index (χ3n) is 1.72. The number of hydrogen-bond donors (Lipinski definition) is 4. The molecule has 0 fully saturated rings. The van der Waals surface area contributed by atoms with Crippen LogP contribution in [-0.4, -0.2) is 11.1 Å². The number of carbonyl (C=O) groups is 1. The van der Waals surface area contributed by atoms with Gasteiger partial charge in [0.05, 0.1) is 5.02 Å². The Kier molecular flexibility index (Phi) is 4.62. The number of hydrazine groups is 1. The number of aliphatic carboxylic acids is 1. The fraction of sp³-hybridized carbons (Fsp3) is 0. The first-order valence-corrected chi connectivity index (χ1v) is 5.45. The lowest BCUT2D eigenvalue weighted by molar-refractivity contribution is -0.132. The van der Waals surface area contributed by atoms with Crippen molar-refractivity contribution >= 4 is 33.5 Å². The Labute approximate surface area is 110 Å². The first-order chi connectivity index (χ1) is 7.95. The van der Waals surface area contributed by atoms with Gasteiger partial charge in [-0.3, -0.25) is 5.43 Å². The highest BCUT2D eigenvalue weighted by molar-refractivity contribution is 9.10. The minimum atomic E-state index is -1.35. The van der Waals surface area contributed by atoms with Crippen molar-refractivity contribution in [3.63, 3.8) is 0 Å².